The van der Waals surface area contributed by atoms with Crippen molar-refractivity contribution in [2.45, 2.75) is 32.9 Å². The van der Waals surface area contributed by atoms with Crippen LogP contribution >= 0.6 is 23.2 Å². The SMILES string of the molecule is CCNC(=O)C(CC)N(Cc1ccc(Cl)cc1)C(=O)CN(c1ccccc1Cl)S(C)(=O)=O. The number of halogens is 2. The predicted molar refractivity (Wildman–Crippen MR) is 128 cm³/mol. The molecule has 0 saturated heterocycles. The highest BCUT2D eigenvalue weighted by Crippen LogP contribution is 2.27. The minimum absolute atomic E-state index is 0.117. The normalized spacial score (nSPS) is 12.2. The number of nitrogens with zero attached hydrogens (tertiary/aromatic N) is 2. The van der Waals surface area contributed by atoms with Crippen molar-refractivity contribution in [3.63, 3.8) is 0 Å². The Morgan fingerprint density at radius 2 is 1.66 bits per heavy atom. The average molecular weight is 500 g/mol. The third-order valence-corrected chi connectivity index (χ3v) is 6.50. The summed E-state index contributed by atoms with van der Waals surface area (Å²) in [7, 11) is -3.83. The van der Waals surface area contributed by atoms with E-state index in [2.05, 4.69) is 5.32 Å². The highest BCUT2D eigenvalue weighted by atomic mass is 35.5. The van der Waals surface area contributed by atoms with Gasteiger partial charge in [-0.05, 0) is 43.2 Å². The molecule has 2 aromatic rings. The van der Waals surface area contributed by atoms with Gasteiger partial charge in [0.25, 0.3) is 0 Å². The highest BCUT2D eigenvalue weighted by Gasteiger charge is 2.32. The first-order valence-corrected chi connectivity index (χ1v) is 12.7. The van der Waals surface area contributed by atoms with Gasteiger partial charge >= 0.3 is 0 Å². The van der Waals surface area contributed by atoms with Gasteiger partial charge in [0, 0.05) is 18.1 Å². The molecule has 10 heteroatoms. The topological polar surface area (TPSA) is 86.8 Å². The van der Waals surface area contributed by atoms with Gasteiger partial charge in [-0.1, -0.05) is 54.4 Å². The summed E-state index contributed by atoms with van der Waals surface area (Å²) in [6.45, 7) is 3.62. The van der Waals surface area contributed by atoms with Crippen LogP contribution in [0.2, 0.25) is 10.0 Å². The molecule has 0 aliphatic rings. The van der Waals surface area contributed by atoms with Crippen molar-refractivity contribution in [1.82, 2.24) is 10.2 Å². The number of carbonyl (C=O) groups is 2. The Bertz CT molecular complexity index is 1050. The zero-order chi connectivity index (χ0) is 23.9. The molecule has 2 amide bonds. The summed E-state index contributed by atoms with van der Waals surface area (Å²) in [4.78, 5) is 27.5. The Labute approximate surface area is 199 Å². The van der Waals surface area contributed by atoms with E-state index in [1.807, 2.05) is 0 Å². The third-order valence-electron chi connectivity index (χ3n) is 4.80. The van der Waals surface area contributed by atoms with Gasteiger partial charge in [-0.3, -0.25) is 13.9 Å². The van der Waals surface area contributed by atoms with Crippen molar-refractivity contribution in [2.24, 2.45) is 0 Å². The van der Waals surface area contributed by atoms with E-state index in [1.54, 1.807) is 56.3 Å². The van der Waals surface area contributed by atoms with Crippen molar-refractivity contribution >= 4 is 50.7 Å². The molecule has 174 valence electrons. The Kier molecular flexibility index (Phi) is 9.36. The minimum Gasteiger partial charge on any atom is -0.355 e. The minimum atomic E-state index is -3.83. The quantitative estimate of drug-likeness (QED) is 0.539. The fourth-order valence-corrected chi connectivity index (χ4v) is 4.52. The summed E-state index contributed by atoms with van der Waals surface area (Å²) in [5.41, 5.74) is 0.955. The maximum Gasteiger partial charge on any atom is 0.244 e. The molecule has 0 spiro atoms. The van der Waals surface area contributed by atoms with E-state index in [0.717, 1.165) is 16.1 Å². The van der Waals surface area contributed by atoms with Crippen LogP contribution in [0.3, 0.4) is 0 Å². The number of amides is 2. The highest BCUT2D eigenvalue weighted by molar-refractivity contribution is 7.92. The Morgan fingerprint density at radius 3 is 2.19 bits per heavy atom. The third kappa shape index (κ3) is 6.85. The van der Waals surface area contributed by atoms with Crippen LogP contribution in [0, 0.1) is 0 Å². The number of nitrogens with one attached hydrogen (secondary N) is 1. The van der Waals surface area contributed by atoms with Crippen LogP contribution in [0.5, 0.6) is 0 Å². The molecule has 0 saturated carbocycles. The first-order chi connectivity index (χ1) is 15.1. The standard InChI is InChI=1S/C22H27Cl2N3O4S/c1-4-19(22(29)25-5-2)26(14-16-10-12-17(23)13-11-16)21(28)15-27(32(3,30)31)20-9-7-6-8-18(20)24/h6-13,19H,4-5,14-15H2,1-3H3,(H,25,29). The number of rotatable bonds is 10. The van der Waals surface area contributed by atoms with Crippen LogP contribution < -0.4 is 9.62 Å². The van der Waals surface area contributed by atoms with E-state index in [0.29, 0.717) is 18.0 Å². The summed E-state index contributed by atoms with van der Waals surface area (Å²) in [6, 6.07) is 12.5. The van der Waals surface area contributed by atoms with Gasteiger partial charge in [-0.25, -0.2) is 8.42 Å². The second kappa shape index (κ2) is 11.5. The zero-order valence-electron chi connectivity index (χ0n) is 18.2. The lowest BCUT2D eigenvalue weighted by Crippen LogP contribution is -2.52. The van der Waals surface area contributed by atoms with Gasteiger partial charge in [-0.15, -0.1) is 0 Å². The van der Waals surface area contributed by atoms with Crippen molar-refractivity contribution in [1.29, 1.82) is 0 Å². The van der Waals surface area contributed by atoms with Crippen LogP contribution in [0.4, 0.5) is 5.69 Å². The van der Waals surface area contributed by atoms with Gasteiger partial charge in [0.2, 0.25) is 21.8 Å². The van der Waals surface area contributed by atoms with Crippen LogP contribution in [-0.4, -0.2) is 50.5 Å². The maximum atomic E-state index is 13.4. The Balaban J connectivity index is 2.43. The van der Waals surface area contributed by atoms with E-state index in [4.69, 9.17) is 23.2 Å². The van der Waals surface area contributed by atoms with E-state index < -0.39 is 28.5 Å². The van der Waals surface area contributed by atoms with Gasteiger partial charge in [0.1, 0.15) is 12.6 Å². The molecule has 2 aromatic carbocycles. The maximum absolute atomic E-state index is 13.4. The molecular formula is C22H27Cl2N3O4S. The zero-order valence-corrected chi connectivity index (χ0v) is 20.5. The van der Waals surface area contributed by atoms with Gasteiger partial charge in [0.05, 0.1) is 17.0 Å². The molecule has 1 atom stereocenters. The van der Waals surface area contributed by atoms with Crippen LogP contribution in [-0.2, 0) is 26.2 Å². The summed E-state index contributed by atoms with van der Waals surface area (Å²) in [5, 5.41) is 3.49. The number of hydrogen-bond donors (Lipinski definition) is 1. The van der Waals surface area contributed by atoms with Crippen LogP contribution in [0.1, 0.15) is 25.8 Å². The second-order valence-corrected chi connectivity index (χ2v) is 9.94. The van der Waals surface area contributed by atoms with Crippen molar-refractivity contribution in [3.8, 4) is 0 Å². The van der Waals surface area contributed by atoms with Crippen LogP contribution in [0.25, 0.3) is 0 Å². The average Bonchev–Trinajstić information content (AvgIpc) is 2.73. The number of sulfonamides is 1. The first-order valence-electron chi connectivity index (χ1n) is 10.1. The lowest BCUT2D eigenvalue weighted by molar-refractivity contribution is -0.140. The van der Waals surface area contributed by atoms with Crippen molar-refractivity contribution < 1.29 is 18.0 Å². The van der Waals surface area contributed by atoms with E-state index in [-0.39, 0.29) is 23.2 Å². The Hall–Kier alpha value is -2.29. The van der Waals surface area contributed by atoms with Gasteiger partial charge in [0.15, 0.2) is 0 Å². The number of hydrogen-bond acceptors (Lipinski definition) is 4. The second-order valence-electron chi connectivity index (χ2n) is 7.19. The molecule has 0 fully saturated rings. The van der Waals surface area contributed by atoms with Crippen molar-refractivity contribution in [3.05, 3.63) is 64.1 Å². The number of anilines is 1. The molecule has 0 aliphatic carbocycles. The molecule has 2 rings (SSSR count). The molecule has 0 radical (unpaired) electrons. The van der Waals surface area contributed by atoms with E-state index >= 15 is 0 Å². The molecule has 0 heterocycles. The largest absolute Gasteiger partial charge is 0.355 e. The molecule has 0 aromatic heterocycles. The fraction of sp³-hybridized carbons (Fsp3) is 0.364. The first kappa shape index (κ1) is 26.0. The summed E-state index contributed by atoms with van der Waals surface area (Å²) < 4.78 is 26.0. The van der Waals surface area contributed by atoms with E-state index in [1.165, 1.54) is 11.0 Å². The predicted octanol–water partition coefficient (Wildman–Crippen LogP) is 3.70. The number of benzene rings is 2. The summed E-state index contributed by atoms with van der Waals surface area (Å²) >= 11 is 12.2. The lowest BCUT2D eigenvalue weighted by atomic mass is 10.1. The summed E-state index contributed by atoms with van der Waals surface area (Å²) in [5.74, 6) is -0.829. The number of carbonyl (C=O) groups excluding carboxylic acids is 2. The Morgan fingerprint density at radius 1 is 1.03 bits per heavy atom. The lowest BCUT2D eigenvalue weighted by Gasteiger charge is -2.33. The van der Waals surface area contributed by atoms with Gasteiger partial charge < -0.3 is 10.2 Å². The number of para-hydroxylation sites is 1. The molecule has 0 bridgehead atoms. The molecular weight excluding hydrogens is 473 g/mol. The van der Waals surface area contributed by atoms with Crippen molar-refractivity contribution in [2.75, 3.05) is 23.7 Å². The molecule has 32 heavy (non-hydrogen) atoms. The monoisotopic (exact) mass is 499 g/mol. The molecule has 7 nitrogen and oxygen atoms in total. The van der Waals surface area contributed by atoms with Crippen LogP contribution in [0.15, 0.2) is 48.5 Å². The molecule has 1 N–H and O–H groups in total. The number of likely N-dealkylation sites (N-methyl/N-ethyl adjacent to an activating group) is 1. The summed E-state index contributed by atoms with van der Waals surface area (Å²) in [6.07, 6.45) is 1.37. The van der Waals surface area contributed by atoms with E-state index in [9.17, 15) is 18.0 Å². The fourth-order valence-electron chi connectivity index (χ4n) is 3.25. The molecule has 1 unspecified atom stereocenters. The molecule has 0 aliphatic heterocycles. The van der Waals surface area contributed by atoms with Gasteiger partial charge in [-0.2, -0.15) is 0 Å². The smallest absolute Gasteiger partial charge is 0.244 e.